The van der Waals surface area contributed by atoms with Crippen LogP contribution in [-0.2, 0) is 0 Å². The van der Waals surface area contributed by atoms with Gasteiger partial charge in [0.25, 0.3) is 0 Å². The van der Waals surface area contributed by atoms with Crippen LogP contribution in [0.4, 0.5) is 4.39 Å². The van der Waals surface area contributed by atoms with Crippen LogP contribution in [0.1, 0.15) is 18.3 Å². The van der Waals surface area contributed by atoms with Crippen LogP contribution >= 0.6 is 0 Å². The van der Waals surface area contributed by atoms with Crippen molar-refractivity contribution in [1.82, 2.24) is 20.6 Å². The topological polar surface area (TPSA) is 64.2 Å². The van der Waals surface area contributed by atoms with Gasteiger partial charge in [0.05, 0.1) is 11.4 Å². The Labute approximate surface area is 133 Å². The molecule has 2 aliphatic rings. The summed E-state index contributed by atoms with van der Waals surface area (Å²) in [7, 11) is 0. The summed E-state index contributed by atoms with van der Waals surface area (Å²) in [5, 5.41) is 19.5. The highest BCUT2D eigenvalue weighted by Crippen LogP contribution is 2.32. The predicted molar refractivity (Wildman–Crippen MR) is 84.4 cm³/mol. The van der Waals surface area contributed by atoms with Crippen LogP contribution in [-0.4, -0.2) is 33.4 Å². The molecule has 2 aromatic rings. The fourth-order valence-corrected chi connectivity index (χ4v) is 3.39. The van der Waals surface area contributed by atoms with Crippen molar-refractivity contribution in [2.45, 2.75) is 12.6 Å². The largest absolute Gasteiger partial charge is 0.371 e. The van der Waals surface area contributed by atoms with Crippen molar-refractivity contribution in [3.8, 4) is 11.3 Å². The second-order valence-electron chi connectivity index (χ2n) is 6.24. The zero-order valence-corrected chi connectivity index (χ0v) is 12.6. The molecule has 0 amide bonds. The van der Waals surface area contributed by atoms with Crippen molar-refractivity contribution in [2.75, 3.05) is 13.1 Å². The SMILES string of the molecule is OC(NN1CC2C=CCC2C1)c1cc(-c2ccc(F)cc2)n[nH]1. The van der Waals surface area contributed by atoms with Crippen LogP contribution in [0.2, 0.25) is 0 Å². The Morgan fingerprint density at radius 2 is 2.13 bits per heavy atom. The highest BCUT2D eigenvalue weighted by Gasteiger charge is 2.34. The van der Waals surface area contributed by atoms with Crippen LogP contribution < -0.4 is 5.43 Å². The maximum absolute atomic E-state index is 13.0. The number of rotatable bonds is 4. The summed E-state index contributed by atoms with van der Waals surface area (Å²) < 4.78 is 13.0. The second-order valence-corrected chi connectivity index (χ2v) is 6.24. The fraction of sp³-hybridized carbons (Fsp3) is 0.353. The number of fused-ring (bicyclic) bond motifs is 1. The van der Waals surface area contributed by atoms with Gasteiger partial charge in [-0.15, -0.1) is 0 Å². The number of nitrogens with zero attached hydrogens (tertiary/aromatic N) is 2. The number of nitrogens with one attached hydrogen (secondary N) is 2. The van der Waals surface area contributed by atoms with Crippen LogP contribution in [0.5, 0.6) is 0 Å². The standard InChI is InChI=1S/C17H19FN4O/c18-14-6-4-11(5-7-14)15-8-16(20-19-15)17(23)21-22-9-12-2-1-3-13(12)10-22/h1-2,4-8,12-13,17,21,23H,3,9-10H2,(H,19,20). The van der Waals surface area contributed by atoms with Gasteiger partial charge in [0.1, 0.15) is 5.82 Å². The van der Waals surface area contributed by atoms with E-state index in [-0.39, 0.29) is 5.82 Å². The van der Waals surface area contributed by atoms with Crippen molar-refractivity contribution in [3.05, 3.63) is 54.0 Å². The van der Waals surface area contributed by atoms with E-state index in [1.807, 2.05) is 0 Å². The maximum Gasteiger partial charge on any atom is 0.160 e. The minimum absolute atomic E-state index is 0.278. The van der Waals surface area contributed by atoms with Gasteiger partial charge in [0, 0.05) is 18.7 Å². The molecule has 3 unspecified atom stereocenters. The molecule has 0 saturated carbocycles. The average molecular weight is 314 g/mol. The lowest BCUT2D eigenvalue weighted by Crippen LogP contribution is -2.39. The highest BCUT2D eigenvalue weighted by molar-refractivity contribution is 5.59. The third kappa shape index (κ3) is 2.93. The first kappa shape index (κ1) is 14.6. The predicted octanol–water partition coefficient (Wildman–Crippen LogP) is 2.22. The summed E-state index contributed by atoms with van der Waals surface area (Å²) in [4.78, 5) is 0. The number of hydrogen-bond donors (Lipinski definition) is 3. The molecular formula is C17H19FN4O. The van der Waals surface area contributed by atoms with Gasteiger partial charge in [-0.05, 0) is 48.6 Å². The second kappa shape index (κ2) is 5.88. The summed E-state index contributed by atoms with van der Waals surface area (Å²) in [6.07, 6.45) is 4.80. The molecule has 1 aromatic heterocycles. The van der Waals surface area contributed by atoms with Crippen LogP contribution in [0, 0.1) is 17.7 Å². The monoisotopic (exact) mass is 314 g/mol. The first-order valence-electron chi connectivity index (χ1n) is 7.86. The number of allylic oxidation sites excluding steroid dienone is 1. The smallest absolute Gasteiger partial charge is 0.160 e. The van der Waals surface area contributed by atoms with E-state index >= 15 is 0 Å². The van der Waals surface area contributed by atoms with Gasteiger partial charge < -0.3 is 5.11 Å². The number of aromatic amines is 1. The van der Waals surface area contributed by atoms with Gasteiger partial charge in [0.2, 0.25) is 0 Å². The number of halogens is 1. The molecular weight excluding hydrogens is 295 g/mol. The number of hydrogen-bond acceptors (Lipinski definition) is 4. The van der Waals surface area contributed by atoms with Gasteiger partial charge in [-0.2, -0.15) is 5.10 Å². The molecule has 0 bridgehead atoms. The third-order valence-corrected chi connectivity index (χ3v) is 4.65. The lowest BCUT2D eigenvalue weighted by molar-refractivity contribution is 0.0417. The summed E-state index contributed by atoms with van der Waals surface area (Å²) in [5.41, 5.74) is 5.21. The Morgan fingerprint density at radius 3 is 2.91 bits per heavy atom. The lowest BCUT2D eigenvalue weighted by atomic mass is 10.0. The van der Waals surface area contributed by atoms with Crippen molar-refractivity contribution in [3.63, 3.8) is 0 Å². The van der Waals surface area contributed by atoms with E-state index in [1.54, 1.807) is 18.2 Å². The molecule has 23 heavy (non-hydrogen) atoms. The first-order chi connectivity index (χ1) is 11.2. The lowest BCUT2D eigenvalue weighted by Gasteiger charge is -2.21. The van der Waals surface area contributed by atoms with Gasteiger partial charge >= 0.3 is 0 Å². The number of hydrazine groups is 1. The average Bonchev–Trinajstić information content (AvgIpc) is 3.22. The zero-order valence-electron chi connectivity index (χ0n) is 12.6. The number of benzene rings is 1. The van der Waals surface area contributed by atoms with E-state index in [2.05, 4.69) is 32.8 Å². The maximum atomic E-state index is 13.0. The van der Waals surface area contributed by atoms with E-state index in [1.165, 1.54) is 12.1 Å². The Bertz CT molecular complexity index is 712. The van der Waals surface area contributed by atoms with Crippen molar-refractivity contribution < 1.29 is 9.50 Å². The zero-order chi connectivity index (χ0) is 15.8. The molecule has 5 nitrogen and oxygen atoms in total. The summed E-state index contributed by atoms with van der Waals surface area (Å²) in [6.45, 7) is 1.85. The van der Waals surface area contributed by atoms with Crippen molar-refractivity contribution in [2.24, 2.45) is 11.8 Å². The molecule has 1 saturated heterocycles. The van der Waals surface area contributed by atoms with Crippen LogP contribution in [0.15, 0.2) is 42.5 Å². The Balaban J connectivity index is 1.42. The molecule has 1 aliphatic carbocycles. The molecule has 1 fully saturated rings. The van der Waals surface area contributed by atoms with Gasteiger partial charge in [-0.1, -0.05) is 12.2 Å². The number of aliphatic hydroxyl groups excluding tert-OH is 1. The molecule has 0 radical (unpaired) electrons. The van der Waals surface area contributed by atoms with Crippen molar-refractivity contribution >= 4 is 0 Å². The minimum atomic E-state index is -0.834. The van der Waals surface area contributed by atoms with E-state index in [4.69, 9.17) is 0 Å². The molecule has 120 valence electrons. The number of aromatic nitrogens is 2. The molecule has 1 aromatic carbocycles. The molecule has 1 aliphatic heterocycles. The van der Waals surface area contributed by atoms with Crippen LogP contribution in [0.3, 0.4) is 0 Å². The quantitative estimate of drug-likeness (QED) is 0.598. The van der Waals surface area contributed by atoms with E-state index in [9.17, 15) is 9.50 Å². The van der Waals surface area contributed by atoms with Gasteiger partial charge in [-0.25, -0.2) is 14.8 Å². The Morgan fingerprint density at radius 1 is 1.30 bits per heavy atom. The Hall–Kier alpha value is -2.02. The third-order valence-electron chi connectivity index (χ3n) is 4.65. The highest BCUT2D eigenvalue weighted by atomic mass is 19.1. The molecule has 2 heterocycles. The first-order valence-corrected chi connectivity index (χ1v) is 7.86. The Kier molecular flexibility index (Phi) is 3.72. The van der Waals surface area contributed by atoms with Gasteiger partial charge in [-0.3, -0.25) is 5.10 Å². The fourth-order valence-electron chi connectivity index (χ4n) is 3.39. The van der Waals surface area contributed by atoms with E-state index in [0.717, 1.165) is 25.1 Å². The number of H-pyrrole nitrogens is 1. The summed E-state index contributed by atoms with van der Waals surface area (Å²) in [6, 6.07) is 7.91. The molecule has 3 atom stereocenters. The van der Waals surface area contributed by atoms with Gasteiger partial charge in [0.15, 0.2) is 6.23 Å². The molecule has 0 spiro atoms. The van der Waals surface area contributed by atoms with E-state index in [0.29, 0.717) is 23.2 Å². The van der Waals surface area contributed by atoms with E-state index < -0.39 is 6.23 Å². The van der Waals surface area contributed by atoms with Crippen molar-refractivity contribution in [1.29, 1.82) is 0 Å². The normalized spacial score (nSPS) is 25.0. The molecule has 4 rings (SSSR count). The van der Waals surface area contributed by atoms with Crippen LogP contribution in [0.25, 0.3) is 11.3 Å². The summed E-state index contributed by atoms with van der Waals surface area (Å²) in [5.74, 6) is 0.970. The molecule has 3 N–H and O–H groups in total. The number of aliphatic hydroxyl groups is 1. The minimum Gasteiger partial charge on any atom is -0.371 e. The summed E-state index contributed by atoms with van der Waals surface area (Å²) >= 11 is 0. The molecule has 6 heteroatoms.